The second-order valence-electron chi connectivity index (χ2n) is 7.04. The molecule has 0 unspecified atom stereocenters. The van der Waals surface area contributed by atoms with Crippen molar-refractivity contribution in [1.29, 1.82) is 0 Å². The smallest absolute Gasteiger partial charge is 0.331 e. The van der Waals surface area contributed by atoms with Crippen molar-refractivity contribution in [2.24, 2.45) is 0 Å². The number of aromatic nitrogens is 2. The first-order valence-electron chi connectivity index (χ1n) is 9.09. The van der Waals surface area contributed by atoms with Gasteiger partial charge in [0.2, 0.25) is 0 Å². The molecule has 0 atom stereocenters. The fourth-order valence-corrected chi connectivity index (χ4v) is 4.83. The Morgan fingerprint density at radius 1 is 1.25 bits per heavy atom. The van der Waals surface area contributed by atoms with Gasteiger partial charge in [0.25, 0.3) is 5.91 Å². The molecule has 0 aliphatic heterocycles. The van der Waals surface area contributed by atoms with Crippen LogP contribution in [0.3, 0.4) is 0 Å². The second-order valence-corrected chi connectivity index (χ2v) is 8.07. The summed E-state index contributed by atoms with van der Waals surface area (Å²) < 4.78 is 19.9. The maximum atomic E-state index is 13.2. The molecule has 0 saturated heterocycles. The van der Waals surface area contributed by atoms with Gasteiger partial charge in [0.1, 0.15) is 16.2 Å². The normalized spacial score (nSPS) is 15.7. The van der Waals surface area contributed by atoms with E-state index in [2.05, 4.69) is 10.4 Å². The summed E-state index contributed by atoms with van der Waals surface area (Å²) in [6.07, 6.45) is 2.91. The first-order chi connectivity index (χ1) is 13.4. The molecule has 1 N–H and O–H groups in total. The van der Waals surface area contributed by atoms with Gasteiger partial charge in [-0.2, -0.15) is 5.10 Å². The number of fused-ring (bicyclic) bond motifs is 1. The Labute approximate surface area is 165 Å². The predicted octanol–water partition coefficient (Wildman–Crippen LogP) is 3.75. The lowest BCUT2D eigenvalue weighted by atomic mass is 9.97. The maximum Gasteiger partial charge on any atom is 0.331 e. The number of rotatable bonds is 4. The molecule has 8 heteroatoms. The number of esters is 1. The number of carbonyl (C=O) groups excluding carboxylic acids is 2. The molecule has 0 radical (unpaired) electrons. The number of amides is 1. The maximum absolute atomic E-state index is 13.2. The average molecular weight is 401 g/mol. The van der Waals surface area contributed by atoms with Crippen LogP contribution in [0.25, 0.3) is 15.9 Å². The van der Waals surface area contributed by atoms with Gasteiger partial charge in [-0.05, 0) is 50.1 Å². The second kappa shape index (κ2) is 7.01. The van der Waals surface area contributed by atoms with Crippen molar-refractivity contribution in [3.05, 3.63) is 46.7 Å². The number of nitrogens with zero attached hydrogens (tertiary/aromatic N) is 2. The topological polar surface area (TPSA) is 73.2 Å². The molecule has 3 aromatic rings. The van der Waals surface area contributed by atoms with Crippen LogP contribution < -0.4 is 5.32 Å². The molecule has 2 aromatic heterocycles. The standard InChI is InChI=1S/C20H20FN3O3S/c1-12-15-11-16(17(25)22-20(19(26)27-2)9-3-4-10-20)28-18(15)24(23-12)14-7-5-13(21)6-8-14/h5-8,11H,3-4,9-10H2,1-2H3,(H,22,25). The van der Waals surface area contributed by atoms with E-state index in [0.717, 1.165) is 34.4 Å². The van der Waals surface area contributed by atoms with Crippen LogP contribution in [-0.4, -0.2) is 34.3 Å². The molecule has 28 heavy (non-hydrogen) atoms. The fraction of sp³-hybridized carbons (Fsp3) is 0.350. The molecule has 146 valence electrons. The number of thiophene rings is 1. The van der Waals surface area contributed by atoms with Gasteiger partial charge in [0, 0.05) is 5.39 Å². The minimum absolute atomic E-state index is 0.293. The molecule has 4 rings (SSSR count). The van der Waals surface area contributed by atoms with Crippen LogP contribution >= 0.6 is 11.3 Å². The van der Waals surface area contributed by atoms with Crippen molar-refractivity contribution < 1.29 is 18.7 Å². The largest absolute Gasteiger partial charge is 0.467 e. The highest BCUT2D eigenvalue weighted by molar-refractivity contribution is 7.20. The number of carbonyl (C=O) groups is 2. The SMILES string of the molecule is COC(=O)C1(NC(=O)c2cc3c(C)nn(-c4ccc(F)cc4)c3s2)CCCC1. The molecule has 1 saturated carbocycles. The van der Waals surface area contributed by atoms with Gasteiger partial charge in [-0.15, -0.1) is 11.3 Å². The van der Waals surface area contributed by atoms with Gasteiger partial charge in [-0.3, -0.25) is 4.79 Å². The van der Waals surface area contributed by atoms with E-state index < -0.39 is 11.5 Å². The molecule has 6 nitrogen and oxygen atoms in total. The third kappa shape index (κ3) is 3.07. The summed E-state index contributed by atoms with van der Waals surface area (Å²) in [6, 6.07) is 7.83. The molecule has 1 aliphatic carbocycles. The minimum Gasteiger partial charge on any atom is -0.467 e. The van der Waals surface area contributed by atoms with Crippen molar-refractivity contribution in [2.45, 2.75) is 38.1 Å². The van der Waals surface area contributed by atoms with E-state index in [-0.39, 0.29) is 11.7 Å². The van der Waals surface area contributed by atoms with Crippen molar-refractivity contribution in [1.82, 2.24) is 15.1 Å². The van der Waals surface area contributed by atoms with Crippen LogP contribution in [0.1, 0.15) is 41.0 Å². The van der Waals surface area contributed by atoms with E-state index in [1.807, 2.05) is 6.92 Å². The molecule has 0 bridgehead atoms. The van der Waals surface area contributed by atoms with Crippen LogP contribution in [-0.2, 0) is 9.53 Å². The summed E-state index contributed by atoms with van der Waals surface area (Å²) in [6.45, 7) is 1.86. The highest BCUT2D eigenvalue weighted by Gasteiger charge is 2.44. The number of aryl methyl sites for hydroxylation is 1. The monoisotopic (exact) mass is 401 g/mol. The number of nitrogens with one attached hydrogen (secondary N) is 1. The third-order valence-corrected chi connectivity index (χ3v) is 6.34. The Balaban J connectivity index is 1.68. The Morgan fingerprint density at radius 2 is 1.93 bits per heavy atom. The van der Waals surface area contributed by atoms with E-state index in [1.54, 1.807) is 22.9 Å². The first-order valence-corrected chi connectivity index (χ1v) is 9.91. The Hall–Kier alpha value is -2.74. The lowest BCUT2D eigenvalue weighted by molar-refractivity contribution is -0.148. The molecule has 1 amide bonds. The molecular formula is C20H20FN3O3S. The summed E-state index contributed by atoms with van der Waals surface area (Å²) in [5.74, 6) is -1.01. The molecule has 0 spiro atoms. The zero-order valence-electron chi connectivity index (χ0n) is 15.6. The van der Waals surface area contributed by atoms with Gasteiger partial charge in [0.05, 0.1) is 23.4 Å². The van der Waals surface area contributed by atoms with Gasteiger partial charge in [0.15, 0.2) is 0 Å². The lowest BCUT2D eigenvalue weighted by Gasteiger charge is -2.26. The lowest BCUT2D eigenvalue weighted by Crippen LogP contribution is -2.53. The highest BCUT2D eigenvalue weighted by Crippen LogP contribution is 2.34. The molecule has 1 aromatic carbocycles. The van der Waals surface area contributed by atoms with E-state index in [9.17, 15) is 14.0 Å². The van der Waals surface area contributed by atoms with Gasteiger partial charge < -0.3 is 10.1 Å². The number of halogens is 1. The van der Waals surface area contributed by atoms with Crippen molar-refractivity contribution >= 4 is 33.4 Å². The summed E-state index contributed by atoms with van der Waals surface area (Å²) in [5.41, 5.74) is 0.549. The highest BCUT2D eigenvalue weighted by atomic mass is 32.1. The predicted molar refractivity (Wildman–Crippen MR) is 104 cm³/mol. The van der Waals surface area contributed by atoms with Crippen molar-refractivity contribution in [3.8, 4) is 5.69 Å². The van der Waals surface area contributed by atoms with Crippen LogP contribution in [0.2, 0.25) is 0 Å². The zero-order valence-corrected chi connectivity index (χ0v) is 16.4. The van der Waals surface area contributed by atoms with Gasteiger partial charge >= 0.3 is 5.97 Å². The number of methoxy groups -OCH3 is 1. The Morgan fingerprint density at radius 3 is 2.57 bits per heavy atom. The van der Waals surface area contributed by atoms with Gasteiger partial charge in [-0.25, -0.2) is 13.9 Å². The summed E-state index contributed by atoms with van der Waals surface area (Å²) >= 11 is 1.30. The summed E-state index contributed by atoms with van der Waals surface area (Å²) in [7, 11) is 1.34. The van der Waals surface area contributed by atoms with E-state index >= 15 is 0 Å². The van der Waals surface area contributed by atoms with Crippen molar-refractivity contribution in [2.75, 3.05) is 7.11 Å². The zero-order chi connectivity index (χ0) is 19.9. The van der Waals surface area contributed by atoms with Crippen molar-refractivity contribution in [3.63, 3.8) is 0 Å². The minimum atomic E-state index is -0.944. The van der Waals surface area contributed by atoms with Crippen LogP contribution in [0.4, 0.5) is 4.39 Å². The number of ether oxygens (including phenoxy) is 1. The van der Waals surface area contributed by atoms with Crippen LogP contribution in [0.5, 0.6) is 0 Å². The quantitative estimate of drug-likeness (QED) is 0.676. The Bertz CT molecular complexity index is 1050. The molecule has 2 heterocycles. The Kier molecular flexibility index (Phi) is 4.66. The van der Waals surface area contributed by atoms with Crippen LogP contribution in [0, 0.1) is 12.7 Å². The number of benzene rings is 1. The number of hydrogen-bond acceptors (Lipinski definition) is 5. The first kappa shape index (κ1) is 18.6. The number of hydrogen-bond donors (Lipinski definition) is 1. The van der Waals surface area contributed by atoms with Crippen LogP contribution in [0.15, 0.2) is 30.3 Å². The molecular weight excluding hydrogens is 381 g/mol. The summed E-state index contributed by atoms with van der Waals surface area (Å²) in [5, 5.41) is 8.28. The van der Waals surface area contributed by atoms with E-state index in [1.165, 1.54) is 30.6 Å². The molecule has 1 fully saturated rings. The van der Waals surface area contributed by atoms with E-state index in [0.29, 0.717) is 17.7 Å². The molecule has 1 aliphatic rings. The average Bonchev–Trinajstić information content (AvgIpc) is 3.39. The third-order valence-electron chi connectivity index (χ3n) is 5.23. The van der Waals surface area contributed by atoms with E-state index in [4.69, 9.17) is 4.74 Å². The fourth-order valence-electron chi connectivity index (χ4n) is 3.75. The summed E-state index contributed by atoms with van der Waals surface area (Å²) in [4.78, 5) is 26.5. The van der Waals surface area contributed by atoms with Gasteiger partial charge in [-0.1, -0.05) is 12.8 Å².